The van der Waals surface area contributed by atoms with Gasteiger partial charge < -0.3 is 5.11 Å². The minimum Gasteiger partial charge on any atom is -0.389 e. The molecule has 0 aromatic heterocycles. The summed E-state index contributed by atoms with van der Waals surface area (Å²) >= 11 is 0. The monoisotopic (exact) mass is 256 g/mol. The van der Waals surface area contributed by atoms with Gasteiger partial charge in [-0.25, -0.2) is 0 Å². The fourth-order valence-corrected chi connectivity index (χ4v) is 2.33. The van der Waals surface area contributed by atoms with Crippen LogP contribution in [-0.4, -0.2) is 10.7 Å². The topological polar surface area (TPSA) is 20.2 Å². The van der Waals surface area contributed by atoms with E-state index in [1.165, 1.54) is 19.3 Å². The van der Waals surface area contributed by atoms with Crippen LogP contribution in [0.1, 0.15) is 88.0 Å². The minimum atomic E-state index is -0.312. The van der Waals surface area contributed by atoms with E-state index in [0.717, 1.165) is 12.8 Å². The summed E-state index contributed by atoms with van der Waals surface area (Å²) in [7, 11) is 0. The molecule has 2 saturated carbocycles. The SMILES string of the molecule is C.CC(C)(C)C1(C)CCC1.CC(C)(C)C1(O)CC1. The van der Waals surface area contributed by atoms with E-state index in [0.29, 0.717) is 10.8 Å². The van der Waals surface area contributed by atoms with Crippen molar-refractivity contribution in [2.45, 2.75) is 93.6 Å². The van der Waals surface area contributed by atoms with Crippen LogP contribution in [0.2, 0.25) is 0 Å². The van der Waals surface area contributed by atoms with Crippen molar-refractivity contribution in [3.05, 3.63) is 0 Å². The highest BCUT2D eigenvalue weighted by Gasteiger charge is 2.50. The summed E-state index contributed by atoms with van der Waals surface area (Å²) < 4.78 is 0. The third kappa shape index (κ3) is 3.73. The molecule has 0 radical (unpaired) electrons. The van der Waals surface area contributed by atoms with Crippen molar-refractivity contribution in [2.75, 3.05) is 0 Å². The van der Waals surface area contributed by atoms with Crippen LogP contribution in [0, 0.1) is 16.2 Å². The van der Waals surface area contributed by atoms with Crippen LogP contribution in [0.25, 0.3) is 0 Å². The molecule has 2 rings (SSSR count). The molecular weight excluding hydrogens is 220 g/mol. The van der Waals surface area contributed by atoms with Crippen LogP contribution in [0.4, 0.5) is 0 Å². The first-order valence-electron chi connectivity index (χ1n) is 7.14. The van der Waals surface area contributed by atoms with Gasteiger partial charge in [-0.3, -0.25) is 0 Å². The minimum absolute atomic E-state index is 0. The van der Waals surface area contributed by atoms with Crippen LogP contribution < -0.4 is 0 Å². The van der Waals surface area contributed by atoms with E-state index in [2.05, 4.69) is 48.5 Å². The van der Waals surface area contributed by atoms with Gasteiger partial charge in [-0.2, -0.15) is 0 Å². The summed E-state index contributed by atoms with van der Waals surface area (Å²) in [5, 5.41) is 9.47. The first kappa shape index (κ1) is 18.0. The van der Waals surface area contributed by atoms with Crippen molar-refractivity contribution in [1.82, 2.24) is 0 Å². The molecule has 1 N–H and O–H groups in total. The van der Waals surface area contributed by atoms with Crippen LogP contribution in [0.15, 0.2) is 0 Å². The van der Waals surface area contributed by atoms with Crippen molar-refractivity contribution in [3.8, 4) is 0 Å². The lowest BCUT2D eigenvalue weighted by Gasteiger charge is -2.49. The average molecular weight is 256 g/mol. The molecule has 0 bridgehead atoms. The van der Waals surface area contributed by atoms with Gasteiger partial charge in [0.25, 0.3) is 0 Å². The molecule has 0 aromatic rings. The Morgan fingerprint density at radius 3 is 1.17 bits per heavy atom. The molecule has 2 aliphatic carbocycles. The Morgan fingerprint density at radius 1 is 0.778 bits per heavy atom. The fourth-order valence-electron chi connectivity index (χ4n) is 2.33. The van der Waals surface area contributed by atoms with Gasteiger partial charge in [0.2, 0.25) is 0 Å². The first-order valence-corrected chi connectivity index (χ1v) is 7.14. The Balaban J connectivity index is 0.000000306. The highest BCUT2D eigenvalue weighted by molar-refractivity contribution is 5.02. The number of hydrogen-bond donors (Lipinski definition) is 1. The van der Waals surface area contributed by atoms with E-state index in [9.17, 15) is 5.11 Å². The summed E-state index contributed by atoms with van der Waals surface area (Å²) in [5.74, 6) is 0. The Hall–Kier alpha value is -0.0400. The van der Waals surface area contributed by atoms with Gasteiger partial charge in [0.15, 0.2) is 0 Å². The van der Waals surface area contributed by atoms with E-state index in [-0.39, 0.29) is 18.4 Å². The van der Waals surface area contributed by atoms with Crippen LogP contribution in [0.5, 0.6) is 0 Å². The first-order chi connectivity index (χ1) is 7.41. The van der Waals surface area contributed by atoms with Crippen molar-refractivity contribution < 1.29 is 5.11 Å². The molecular formula is C17H36O. The predicted octanol–water partition coefficient (Wildman–Crippen LogP) is 5.42. The van der Waals surface area contributed by atoms with Crippen molar-refractivity contribution in [1.29, 1.82) is 0 Å². The Kier molecular flexibility index (Phi) is 5.14. The highest BCUT2D eigenvalue weighted by atomic mass is 16.3. The smallest absolute Gasteiger partial charge is 0.0697 e. The molecule has 2 aliphatic rings. The summed E-state index contributed by atoms with van der Waals surface area (Å²) in [6.45, 7) is 15.7. The zero-order valence-corrected chi connectivity index (χ0v) is 13.0. The van der Waals surface area contributed by atoms with Crippen LogP contribution >= 0.6 is 0 Å². The lowest BCUT2D eigenvalue weighted by atomic mass is 9.56. The second-order valence-corrected chi connectivity index (χ2v) is 8.45. The van der Waals surface area contributed by atoms with Crippen molar-refractivity contribution >= 4 is 0 Å². The van der Waals surface area contributed by atoms with Crippen molar-refractivity contribution in [2.24, 2.45) is 16.2 Å². The average Bonchev–Trinajstić information content (AvgIpc) is 2.78. The molecule has 1 heteroatoms. The lowest BCUT2D eigenvalue weighted by molar-refractivity contribution is 0.0176. The largest absolute Gasteiger partial charge is 0.389 e. The maximum absolute atomic E-state index is 9.47. The maximum Gasteiger partial charge on any atom is 0.0697 e. The zero-order chi connectivity index (χ0) is 13.5. The Labute approximate surface area is 115 Å². The van der Waals surface area contributed by atoms with Crippen LogP contribution in [0.3, 0.4) is 0 Å². The quantitative estimate of drug-likeness (QED) is 0.614. The van der Waals surface area contributed by atoms with Crippen molar-refractivity contribution in [3.63, 3.8) is 0 Å². The second kappa shape index (κ2) is 5.15. The number of hydrogen-bond acceptors (Lipinski definition) is 1. The van der Waals surface area contributed by atoms with E-state index < -0.39 is 0 Å². The molecule has 0 unspecified atom stereocenters. The van der Waals surface area contributed by atoms with Gasteiger partial charge >= 0.3 is 0 Å². The molecule has 0 amide bonds. The molecule has 0 atom stereocenters. The van der Waals surface area contributed by atoms with Gasteiger partial charge in [0, 0.05) is 0 Å². The van der Waals surface area contributed by atoms with E-state index in [1.807, 2.05) is 0 Å². The molecule has 1 nitrogen and oxygen atoms in total. The van der Waals surface area contributed by atoms with Gasteiger partial charge in [0.05, 0.1) is 5.60 Å². The Bertz CT molecular complexity index is 253. The Morgan fingerprint density at radius 2 is 1.17 bits per heavy atom. The van der Waals surface area contributed by atoms with Gasteiger partial charge in [-0.15, -0.1) is 0 Å². The lowest BCUT2D eigenvalue weighted by Crippen LogP contribution is -2.38. The van der Waals surface area contributed by atoms with Crippen LogP contribution in [-0.2, 0) is 0 Å². The summed E-state index contributed by atoms with van der Waals surface area (Å²) in [6, 6.07) is 0. The van der Waals surface area contributed by atoms with Gasteiger partial charge in [-0.05, 0) is 41.9 Å². The van der Waals surface area contributed by atoms with E-state index >= 15 is 0 Å². The number of rotatable bonds is 0. The third-order valence-corrected chi connectivity index (χ3v) is 5.39. The van der Waals surface area contributed by atoms with Gasteiger partial charge in [-0.1, -0.05) is 62.3 Å². The summed E-state index contributed by atoms with van der Waals surface area (Å²) in [5.41, 5.74) is 0.984. The third-order valence-electron chi connectivity index (χ3n) is 5.39. The van der Waals surface area contributed by atoms with E-state index in [4.69, 9.17) is 0 Å². The predicted molar refractivity (Wildman–Crippen MR) is 81.8 cm³/mol. The summed E-state index contributed by atoms with van der Waals surface area (Å²) in [4.78, 5) is 0. The maximum atomic E-state index is 9.47. The molecule has 0 aromatic carbocycles. The standard InChI is InChI=1S/C9H18.C7H14O.CH4/c1-8(2,3)9(4)6-5-7-9;1-6(2,3)7(8)4-5-7;/h5-7H2,1-4H3;8H,4-5H2,1-3H3;1H4. The normalized spacial score (nSPS) is 24.0. The zero-order valence-electron chi connectivity index (χ0n) is 13.0. The molecule has 0 heterocycles. The second-order valence-electron chi connectivity index (χ2n) is 8.45. The molecule has 0 spiro atoms. The molecule has 0 saturated heterocycles. The highest BCUT2D eigenvalue weighted by Crippen LogP contribution is 2.53. The van der Waals surface area contributed by atoms with Gasteiger partial charge in [0.1, 0.15) is 0 Å². The molecule has 18 heavy (non-hydrogen) atoms. The fraction of sp³-hybridized carbons (Fsp3) is 1.00. The number of aliphatic hydroxyl groups is 1. The van der Waals surface area contributed by atoms with E-state index in [1.54, 1.807) is 0 Å². The molecule has 2 fully saturated rings. The molecule has 110 valence electrons. The summed E-state index contributed by atoms with van der Waals surface area (Å²) in [6.07, 6.45) is 6.33. The molecule has 0 aliphatic heterocycles.